The van der Waals surface area contributed by atoms with Crippen molar-refractivity contribution in [1.29, 1.82) is 0 Å². The molecule has 3 atom stereocenters. The van der Waals surface area contributed by atoms with Crippen molar-refractivity contribution < 1.29 is 40.0 Å². The Morgan fingerprint density at radius 3 is 2.50 bits per heavy atom. The fourth-order valence-corrected chi connectivity index (χ4v) is 2.69. The number of carbonyl (C=O) groups is 1. The lowest BCUT2D eigenvalue weighted by Crippen LogP contribution is -2.41. The number of benzene rings is 1. The van der Waals surface area contributed by atoms with Crippen molar-refractivity contribution in [3.63, 3.8) is 0 Å². The predicted octanol–water partition coefficient (Wildman–Crippen LogP) is 2.04. The molecule has 26 heavy (non-hydrogen) atoms. The van der Waals surface area contributed by atoms with Crippen LogP contribution in [0.5, 0.6) is 0 Å². The summed E-state index contributed by atoms with van der Waals surface area (Å²) in [7, 11) is -6.06. The average molecular weight is 395 g/mol. The molecule has 0 N–H and O–H groups in total. The molecule has 0 spiro atoms. The summed E-state index contributed by atoms with van der Waals surface area (Å²) in [5.41, 5.74) is 3.23. The Morgan fingerprint density at radius 1 is 1.27 bits per heavy atom. The molecule has 0 bridgehead atoms. The number of hydrogen-bond acceptors (Lipinski definition) is 7. The second-order valence-corrected chi connectivity index (χ2v) is 6.63. The van der Waals surface area contributed by atoms with E-state index >= 15 is 0 Å². The standard InChI is InChI=1S/C13H12F3N3O6S/c14-13(15,16)26(21,22)25-11-10(9(6-18-19-17)24-12(11)20)23-7-8-4-2-1-3-5-8/h1-5,9-11H,6-7H2/t9-,10-,11+/m0/s1. The molecule has 1 saturated heterocycles. The van der Waals surface area contributed by atoms with Crippen LogP contribution in [0.15, 0.2) is 35.4 Å². The molecule has 1 aliphatic rings. The van der Waals surface area contributed by atoms with E-state index in [9.17, 15) is 26.4 Å². The average Bonchev–Trinajstić information content (AvgIpc) is 2.86. The molecule has 0 aromatic heterocycles. The first-order chi connectivity index (χ1) is 12.2. The maximum Gasteiger partial charge on any atom is 0.523 e. The van der Waals surface area contributed by atoms with E-state index in [0.717, 1.165) is 0 Å². The van der Waals surface area contributed by atoms with E-state index in [1.165, 1.54) is 0 Å². The fourth-order valence-electron chi connectivity index (χ4n) is 2.12. The molecular weight excluding hydrogens is 383 g/mol. The van der Waals surface area contributed by atoms with Crippen molar-refractivity contribution in [2.45, 2.75) is 30.4 Å². The lowest BCUT2D eigenvalue weighted by atomic mass is 10.1. The molecule has 1 aromatic rings. The highest BCUT2D eigenvalue weighted by atomic mass is 32.2. The summed E-state index contributed by atoms with van der Waals surface area (Å²) >= 11 is 0. The predicted molar refractivity (Wildman–Crippen MR) is 78.8 cm³/mol. The van der Waals surface area contributed by atoms with Gasteiger partial charge >= 0.3 is 21.6 Å². The zero-order valence-corrected chi connectivity index (χ0v) is 13.7. The van der Waals surface area contributed by atoms with Crippen LogP contribution in [-0.4, -0.2) is 44.8 Å². The van der Waals surface area contributed by atoms with Crippen LogP contribution in [-0.2, 0) is 35.2 Å². The van der Waals surface area contributed by atoms with Gasteiger partial charge in [-0.15, -0.1) is 0 Å². The summed E-state index contributed by atoms with van der Waals surface area (Å²) in [6.45, 7) is -0.630. The van der Waals surface area contributed by atoms with Gasteiger partial charge in [0.15, 0.2) is 0 Å². The van der Waals surface area contributed by atoms with Gasteiger partial charge in [-0.25, -0.2) is 8.98 Å². The van der Waals surface area contributed by atoms with E-state index in [0.29, 0.717) is 5.56 Å². The van der Waals surface area contributed by atoms with Crippen LogP contribution in [0.1, 0.15) is 5.56 Å². The van der Waals surface area contributed by atoms with Crippen LogP contribution in [0.25, 0.3) is 10.4 Å². The minimum Gasteiger partial charge on any atom is -0.457 e. The summed E-state index contributed by atoms with van der Waals surface area (Å²) in [6.07, 6.45) is -5.00. The summed E-state index contributed by atoms with van der Waals surface area (Å²) in [5.74, 6) is -1.37. The number of cyclic esters (lactones) is 1. The van der Waals surface area contributed by atoms with E-state index < -0.39 is 46.5 Å². The summed E-state index contributed by atoms with van der Waals surface area (Å²) < 4.78 is 74.1. The smallest absolute Gasteiger partial charge is 0.457 e. The van der Waals surface area contributed by atoms with E-state index in [4.69, 9.17) is 15.0 Å². The largest absolute Gasteiger partial charge is 0.523 e. The lowest BCUT2D eigenvalue weighted by molar-refractivity contribution is -0.146. The van der Waals surface area contributed by atoms with Crippen LogP contribution in [0, 0.1) is 0 Å². The molecule has 13 heteroatoms. The topological polar surface area (TPSA) is 128 Å². The van der Waals surface area contributed by atoms with Crippen LogP contribution < -0.4 is 0 Å². The van der Waals surface area contributed by atoms with Gasteiger partial charge in [-0.3, -0.25) is 0 Å². The highest BCUT2D eigenvalue weighted by Gasteiger charge is 2.55. The van der Waals surface area contributed by atoms with Crippen LogP contribution >= 0.6 is 0 Å². The number of nitrogens with zero attached hydrogens (tertiary/aromatic N) is 3. The Hall–Kier alpha value is -2.34. The van der Waals surface area contributed by atoms with Gasteiger partial charge in [-0.1, -0.05) is 35.4 Å². The monoisotopic (exact) mass is 395 g/mol. The first kappa shape index (κ1) is 20.0. The minimum absolute atomic E-state index is 0.166. The first-order valence-electron chi connectivity index (χ1n) is 7.02. The van der Waals surface area contributed by atoms with Gasteiger partial charge in [0.2, 0.25) is 6.10 Å². The van der Waals surface area contributed by atoms with Gasteiger partial charge in [0, 0.05) is 4.91 Å². The van der Waals surface area contributed by atoms with Crippen molar-refractivity contribution in [3.05, 3.63) is 46.3 Å². The molecule has 0 radical (unpaired) electrons. The molecule has 1 fully saturated rings. The number of halogens is 3. The number of rotatable bonds is 7. The third kappa shape index (κ3) is 4.64. The van der Waals surface area contributed by atoms with Crippen LogP contribution in [0.2, 0.25) is 0 Å². The van der Waals surface area contributed by atoms with E-state index in [1.807, 2.05) is 0 Å². The Kier molecular flexibility index (Phi) is 6.08. The number of azide groups is 1. The third-order valence-corrected chi connectivity index (χ3v) is 4.32. The molecule has 1 aliphatic heterocycles. The number of esters is 1. The van der Waals surface area contributed by atoms with Gasteiger partial charge < -0.3 is 9.47 Å². The zero-order valence-electron chi connectivity index (χ0n) is 12.9. The number of alkyl halides is 3. The highest BCUT2D eigenvalue weighted by molar-refractivity contribution is 7.87. The third-order valence-electron chi connectivity index (χ3n) is 3.29. The zero-order chi connectivity index (χ0) is 19.4. The normalized spacial score (nSPS) is 23.3. The molecule has 0 saturated carbocycles. The Bertz CT molecular complexity index is 795. The van der Waals surface area contributed by atoms with Gasteiger partial charge in [-0.05, 0) is 11.1 Å². The fraction of sp³-hybridized carbons (Fsp3) is 0.462. The van der Waals surface area contributed by atoms with E-state index in [-0.39, 0.29) is 6.61 Å². The van der Waals surface area contributed by atoms with Crippen molar-refractivity contribution in [2.75, 3.05) is 6.54 Å². The first-order valence-corrected chi connectivity index (χ1v) is 8.43. The van der Waals surface area contributed by atoms with Gasteiger partial charge in [0.25, 0.3) is 0 Å². The van der Waals surface area contributed by atoms with Crippen molar-refractivity contribution in [3.8, 4) is 0 Å². The molecule has 9 nitrogen and oxygen atoms in total. The number of ether oxygens (including phenoxy) is 2. The summed E-state index contributed by atoms with van der Waals surface area (Å²) in [5, 5.41) is 3.17. The van der Waals surface area contributed by atoms with Gasteiger partial charge in [0.05, 0.1) is 13.2 Å². The summed E-state index contributed by atoms with van der Waals surface area (Å²) in [6, 6.07) is 8.35. The molecular formula is C13H12F3N3O6S. The Labute approximate surface area is 145 Å². The SMILES string of the molecule is [N-]=[N+]=NC[C@@H]1OC(=O)[C@H](OS(=O)(=O)C(F)(F)F)[C@H]1OCc1ccccc1. The van der Waals surface area contributed by atoms with Gasteiger partial charge in [-0.2, -0.15) is 21.6 Å². The van der Waals surface area contributed by atoms with E-state index in [2.05, 4.69) is 14.2 Å². The Morgan fingerprint density at radius 2 is 1.92 bits per heavy atom. The van der Waals surface area contributed by atoms with Crippen LogP contribution in [0.3, 0.4) is 0 Å². The maximum atomic E-state index is 12.5. The molecule has 0 unspecified atom stereocenters. The molecule has 1 heterocycles. The quantitative estimate of drug-likeness (QED) is 0.174. The second-order valence-electron chi connectivity index (χ2n) is 5.07. The van der Waals surface area contributed by atoms with Gasteiger partial charge in [0.1, 0.15) is 12.2 Å². The second kappa shape index (κ2) is 7.91. The minimum atomic E-state index is -6.06. The highest BCUT2D eigenvalue weighted by Crippen LogP contribution is 2.31. The Balaban J connectivity index is 2.22. The summed E-state index contributed by atoms with van der Waals surface area (Å²) in [4.78, 5) is 14.2. The van der Waals surface area contributed by atoms with E-state index in [1.54, 1.807) is 30.3 Å². The molecule has 0 aliphatic carbocycles. The van der Waals surface area contributed by atoms with Crippen LogP contribution in [0.4, 0.5) is 13.2 Å². The molecule has 1 aromatic carbocycles. The molecule has 0 amide bonds. The number of carbonyl (C=O) groups excluding carboxylic acids is 1. The molecule has 142 valence electrons. The van der Waals surface area contributed by atoms with Crippen molar-refractivity contribution >= 4 is 16.1 Å². The van der Waals surface area contributed by atoms with Crippen molar-refractivity contribution in [1.82, 2.24) is 0 Å². The number of hydrogen-bond donors (Lipinski definition) is 0. The molecule has 2 rings (SSSR count). The maximum absolute atomic E-state index is 12.5. The van der Waals surface area contributed by atoms with Crippen molar-refractivity contribution in [2.24, 2.45) is 5.11 Å². The lowest BCUT2D eigenvalue weighted by Gasteiger charge is -2.20.